The third kappa shape index (κ3) is 3.07. The molecule has 2 heterocycles. The zero-order valence-electron chi connectivity index (χ0n) is 11.1. The lowest BCUT2D eigenvalue weighted by Gasteiger charge is -2.12. The number of hydrazine groups is 2. The van der Waals surface area contributed by atoms with Crippen molar-refractivity contribution >= 4 is 44.7 Å². The first-order chi connectivity index (χ1) is 10.1. The second-order valence-corrected chi connectivity index (χ2v) is 6.22. The molecule has 2 aromatic rings. The largest absolute Gasteiger partial charge is 0.321 e. The van der Waals surface area contributed by atoms with Crippen LogP contribution in [0.15, 0.2) is 45.3 Å². The molecule has 1 aliphatic heterocycles. The summed E-state index contributed by atoms with van der Waals surface area (Å²) in [5.74, 6) is 0.508. The molecule has 0 atom stereocenters. The third-order valence-corrected chi connectivity index (χ3v) is 4.18. The van der Waals surface area contributed by atoms with Crippen LogP contribution >= 0.6 is 27.3 Å². The van der Waals surface area contributed by atoms with E-state index in [-0.39, 0.29) is 5.91 Å². The van der Waals surface area contributed by atoms with Crippen molar-refractivity contribution in [2.45, 2.75) is 0 Å². The molecule has 0 fully saturated rings. The first-order valence-electron chi connectivity index (χ1n) is 6.12. The Morgan fingerprint density at radius 1 is 1.43 bits per heavy atom. The zero-order chi connectivity index (χ0) is 14.8. The minimum Gasteiger partial charge on any atom is -0.321 e. The Kier molecular flexibility index (Phi) is 3.91. The van der Waals surface area contributed by atoms with Crippen molar-refractivity contribution in [3.8, 4) is 0 Å². The second-order valence-electron chi connectivity index (χ2n) is 4.35. The summed E-state index contributed by atoms with van der Waals surface area (Å²) in [4.78, 5) is 12.9. The van der Waals surface area contributed by atoms with Crippen molar-refractivity contribution in [3.05, 3.63) is 50.6 Å². The van der Waals surface area contributed by atoms with E-state index in [0.717, 1.165) is 10.0 Å². The van der Waals surface area contributed by atoms with Gasteiger partial charge >= 0.3 is 0 Å². The van der Waals surface area contributed by atoms with Crippen molar-refractivity contribution in [1.29, 1.82) is 0 Å². The van der Waals surface area contributed by atoms with Gasteiger partial charge in [-0.05, 0) is 29.6 Å². The lowest BCUT2D eigenvalue weighted by Crippen LogP contribution is -2.38. The van der Waals surface area contributed by atoms with Crippen molar-refractivity contribution in [1.82, 2.24) is 16.1 Å². The number of carbonyl (C=O) groups excluding carboxylic acids is 1. The summed E-state index contributed by atoms with van der Waals surface area (Å²) in [5.41, 5.74) is 7.32. The van der Waals surface area contributed by atoms with Gasteiger partial charge in [-0.3, -0.25) is 10.2 Å². The van der Waals surface area contributed by atoms with Crippen LogP contribution in [0.1, 0.15) is 15.2 Å². The average Bonchev–Trinajstić information content (AvgIpc) is 3.11. The molecule has 0 bridgehead atoms. The van der Waals surface area contributed by atoms with Crippen molar-refractivity contribution in [2.75, 3.05) is 12.4 Å². The molecule has 6 nitrogen and oxygen atoms in total. The van der Waals surface area contributed by atoms with E-state index < -0.39 is 0 Å². The number of amidine groups is 1. The van der Waals surface area contributed by atoms with Crippen LogP contribution < -0.4 is 16.3 Å². The van der Waals surface area contributed by atoms with E-state index in [1.165, 1.54) is 11.3 Å². The number of hydrazone groups is 1. The first-order valence-corrected chi connectivity index (χ1v) is 7.79. The number of halogens is 1. The second kappa shape index (κ2) is 5.84. The molecule has 0 unspecified atom stereocenters. The molecule has 1 aromatic carbocycles. The molecule has 3 rings (SSSR count). The summed E-state index contributed by atoms with van der Waals surface area (Å²) < 4.78 is 0.908. The molecule has 1 aliphatic rings. The lowest BCUT2D eigenvalue weighted by molar-refractivity contribution is 0.103. The molecule has 108 valence electrons. The fourth-order valence-electron chi connectivity index (χ4n) is 1.87. The predicted octanol–water partition coefficient (Wildman–Crippen LogP) is 2.38. The Labute approximate surface area is 133 Å². The Balaban J connectivity index is 1.90. The molecule has 0 spiro atoms. The van der Waals surface area contributed by atoms with Gasteiger partial charge in [0.25, 0.3) is 5.91 Å². The van der Waals surface area contributed by atoms with Crippen molar-refractivity contribution in [3.63, 3.8) is 0 Å². The molecular weight excluding hydrogens is 354 g/mol. The van der Waals surface area contributed by atoms with Crippen LogP contribution in [0.4, 0.5) is 5.69 Å². The molecule has 21 heavy (non-hydrogen) atoms. The molecular formula is C13H12BrN5OS. The number of amides is 1. The highest BCUT2D eigenvalue weighted by atomic mass is 79.9. The normalized spacial score (nSPS) is 14.3. The van der Waals surface area contributed by atoms with Crippen molar-refractivity contribution in [2.24, 2.45) is 5.10 Å². The highest BCUT2D eigenvalue weighted by molar-refractivity contribution is 9.10. The van der Waals surface area contributed by atoms with E-state index >= 15 is 0 Å². The summed E-state index contributed by atoms with van der Waals surface area (Å²) in [7, 11) is 1.80. The topological polar surface area (TPSA) is 68.8 Å². The number of anilines is 1. The average molecular weight is 366 g/mol. The van der Waals surface area contributed by atoms with Gasteiger partial charge in [-0.25, -0.2) is 5.53 Å². The summed E-state index contributed by atoms with van der Waals surface area (Å²) in [5, 5.41) is 10.6. The number of hydrogen-bond acceptors (Lipinski definition) is 6. The van der Waals surface area contributed by atoms with Gasteiger partial charge in [-0.1, -0.05) is 22.0 Å². The summed E-state index contributed by atoms with van der Waals surface area (Å²) in [6.45, 7) is 0. The Morgan fingerprint density at radius 3 is 2.95 bits per heavy atom. The Hall–Kier alpha value is -1.90. The Morgan fingerprint density at radius 2 is 2.29 bits per heavy atom. The van der Waals surface area contributed by atoms with Gasteiger partial charge in [0, 0.05) is 17.1 Å². The SMILES string of the molecule is CN1NN=C(c2cc(Br)ccc2NC(=O)c2cccs2)N1. The van der Waals surface area contributed by atoms with E-state index in [4.69, 9.17) is 0 Å². The fraction of sp³-hybridized carbons (Fsp3) is 0.0769. The minimum absolute atomic E-state index is 0.131. The van der Waals surface area contributed by atoms with Gasteiger partial charge in [-0.15, -0.1) is 21.6 Å². The van der Waals surface area contributed by atoms with E-state index in [2.05, 4.69) is 37.3 Å². The quantitative estimate of drug-likeness (QED) is 0.780. The molecule has 0 saturated carbocycles. The number of thiophene rings is 1. The summed E-state index contributed by atoms with van der Waals surface area (Å²) in [6, 6.07) is 9.26. The van der Waals surface area contributed by atoms with Crippen LogP contribution in [0.5, 0.6) is 0 Å². The van der Waals surface area contributed by atoms with E-state index in [0.29, 0.717) is 16.4 Å². The standard InChI is InChI=1S/C13H12BrN5OS/c1-19-17-12(16-18-19)9-7-8(14)4-5-10(9)15-13(20)11-3-2-6-21-11/h2-7,18H,1H3,(H,15,20)(H,16,17). The number of nitrogens with zero attached hydrogens (tertiary/aromatic N) is 2. The van der Waals surface area contributed by atoms with Gasteiger partial charge in [-0.2, -0.15) is 0 Å². The van der Waals surface area contributed by atoms with Gasteiger partial charge in [0.15, 0.2) is 5.84 Å². The third-order valence-electron chi connectivity index (χ3n) is 2.82. The number of nitrogens with one attached hydrogen (secondary N) is 3. The zero-order valence-corrected chi connectivity index (χ0v) is 13.5. The number of carbonyl (C=O) groups is 1. The number of hydrogen-bond donors (Lipinski definition) is 3. The summed E-state index contributed by atoms with van der Waals surface area (Å²) in [6.07, 6.45) is 0. The highest BCUT2D eigenvalue weighted by Crippen LogP contribution is 2.23. The van der Waals surface area contributed by atoms with Gasteiger partial charge in [0.05, 0.1) is 10.6 Å². The number of rotatable bonds is 3. The van der Waals surface area contributed by atoms with Crippen LogP contribution in [-0.2, 0) is 0 Å². The fourth-order valence-corrected chi connectivity index (χ4v) is 2.85. The van der Waals surface area contributed by atoms with Crippen LogP contribution in [0, 0.1) is 0 Å². The number of benzene rings is 1. The van der Waals surface area contributed by atoms with Crippen molar-refractivity contribution < 1.29 is 4.79 Å². The lowest BCUT2D eigenvalue weighted by atomic mass is 10.1. The maximum Gasteiger partial charge on any atom is 0.265 e. The predicted molar refractivity (Wildman–Crippen MR) is 87.0 cm³/mol. The molecule has 8 heteroatoms. The van der Waals surface area contributed by atoms with Gasteiger partial charge in [0.2, 0.25) is 0 Å². The van der Waals surface area contributed by atoms with E-state index in [1.54, 1.807) is 18.2 Å². The minimum atomic E-state index is -0.131. The van der Waals surface area contributed by atoms with Gasteiger partial charge < -0.3 is 5.32 Å². The Bertz CT molecular complexity index is 701. The van der Waals surface area contributed by atoms with Crippen LogP contribution in [-0.4, -0.2) is 23.9 Å². The smallest absolute Gasteiger partial charge is 0.265 e. The maximum atomic E-state index is 12.2. The van der Waals surface area contributed by atoms with Gasteiger partial charge in [0.1, 0.15) is 0 Å². The van der Waals surface area contributed by atoms with E-state index in [9.17, 15) is 4.79 Å². The molecule has 3 N–H and O–H groups in total. The molecule has 1 aromatic heterocycles. The highest BCUT2D eigenvalue weighted by Gasteiger charge is 2.18. The van der Waals surface area contributed by atoms with Crippen LogP contribution in [0.25, 0.3) is 0 Å². The molecule has 0 radical (unpaired) electrons. The monoisotopic (exact) mass is 365 g/mol. The maximum absolute atomic E-state index is 12.2. The van der Waals surface area contributed by atoms with Crippen LogP contribution in [0.3, 0.4) is 0 Å². The van der Waals surface area contributed by atoms with E-state index in [1.807, 2.05) is 29.6 Å². The molecule has 1 amide bonds. The molecule has 0 aliphatic carbocycles. The van der Waals surface area contributed by atoms with Crippen LogP contribution in [0.2, 0.25) is 0 Å². The summed E-state index contributed by atoms with van der Waals surface area (Å²) >= 11 is 4.84. The molecule has 0 saturated heterocycles. The first kappa shape index (κ1) is 14.1.